The summed E-state index contributed by atoms with van der Waals surface area (Å²) < 4.78 is 50.8. The van der Waals surface area contributed by atoms with Gasteiger partial charge in [0.1, 0.15) is 0 Å². The maximum absolute atomic E-state index is 12.7. The Bertz CT molecular complexity index is 293. The Morgan fingerprint density at radius 1 is 0.583 bits per heavy atom. The fourth-order valence-electron chi connectivity index (χ4n) is 1.41. The van der Waals surface area contributed by atoms with Gasteiger partial charge in [0.15, 0.2) is 23.3 Å². The van der Waals surface area contributed by atoms with Gasteiger partial charge in [-0.15, -0.1) is 0 Å². The number of rotatable bonds is 0. The molecule has 0 spiro atoms. The van der Waals surface area contributed by atoms with Crippen LogP contribution >= 0.6 is 0 Å². The highest BCUT2D eigenvalue weighted by Gasteiger charge is 2.29. The van der Waals surface area contributed by atoms with E-state index in [0.29, 0.717) is 0 Å². The topological polar surface area (TPSA) is 0 Å². The van der Waals surface area contributed by atoms with Gasteiger partial charge in [-0.2, -0.15) is 0 Å². The molecule has 0 N–H and O–H groups in total. The molecule has 64 valence electrons. The van der Waals surface area contributed by atoms with Crippen LogP contribution in [0, 0.1) is 23.3 Å². The van der Waals surface area contributed by atoms with E-state index in [1.165, 1.54) is 0 Å². The van der Waals surface area contributed by atoms with Gasteiger partial charge < -0.3 is 0 Å². The van der Waals surface area contributed by atoms with Crippen LogP contribution < -0.4 is 0 Å². The number of hydrogen-bond acceptors (Lipinski definition) is 0. The summed E-state index contributed by atoms with van der Waals surface area (Å²) in [6.45, 7) is 0. The molecular formula is C8H4F4. The molecule has 0 aromatic heterocycles. The SMILES string of the molecule is Fc1c(F)c2c(F)c(F)c1CC2. The van der Waals surface area contributed by atoms with Gasteiger partial charge in [0.25, 0.3) is 0 Å². The summed E-state index contributed by atoms with van der Waals surface area (Å²) in [7, 11) is 0. The van der Waals surface area contributed by atoms with Gasteiger partial charge in [0.2, 0.25) is 0 Å². The lowest BCUT2D eigenvalue weighted by Gasteiger charge is -2.16. The third kappa shape index (κ3) is 0.722. The molecule has 0 unspecified atom stereocenters. The number of benzene rings is 1. The van der Waals surface area contributed by atoms with Gasteiger partial charge in [-0.3, -0.25) is 0 Å². The third-order valence-electron chi connectivity index (χ3n) is 2.07. The lowest BCUT2D eigenvalue weighted by molar-refractivity contribution is 0.406. The van der Waals surface area contributed by atoms with Crippen LogP contribution in [0.2, 0.25) is 0 Å². The molecule has 0 radical (unpaired) electrons. The minimum absolute atomic E-state index is 0.0494. The highest BCUT2D eigenvalue weighted by molar-refractivity contribution is 5.35. The van der Waals surface area contributed by atoms with E-state index in [1.807, 2.05) is 0 Å². The van der Waals surface area contributed by atoms with E-state index >= 15 is 0 Å². The fourth-order valence-corrected chi connectivity index (χ4v) is 1.41. The van der Waals surface area contributed by atoms with Gasteiger partial charge in [-0.05, 0) is 12.8 Å². The lowest BCUT2D eigenvalue weighted by atomic mass is 9.93. The van der Waals surface area contributed by atoms with Crippen molar-refractivity contribution in [2.24, 2.45) is 0 Å². The second-order valence-electron chi connectivity index (χ2n) is 2.71. The first-order chi connectivity index (χ1) is 5.63. The number of hydrogen-bond donors (Lipinski definition) is 0. The van der Waals surface area contributed by atoms with Crippen molar-refractivity contribution < 1.29 is 17.6 Å². The molecule has 0 atom stereocenters. The van der Waals surface area contributed by atoms with E-state index < -0.39 is 34.4 Å². The maximum Gasteiger partial charge on any atom is 0.165 e. The van der Waals surface area contributed by atoms with Crippen molar-refractivity contribution in [2.75, 3.05) is 0 Å². The normalized spacial score (nSPS) is 14.0. The zero-order chi connectivity index (χ0) is 8.88. The van der Waals surface area contributed by atoms with E-state index in [9.17, 15) is 17.6 Å². The smallest absolute Gasteiger partial charge is 0.165 e. The van der Waals surface area contributed by atoms with Gasteiger partial charge in [-0.25, -0.2) is 17.6 Å². The first kappa shape index (κ1) is 7.58. The van der Waals surface area contributed by atoms with Crippen molar-refractivity contribution in [3.8, 4) is 0 Å². The van der Waals surface area contributed by atoms with E-state index in [4.69, 9.17) is 0 Å². The highest BCUT2D eigenvalue weighted by atomic mass is 19.2. The third-order valence-corrected chi connectivity index (χ3v) is 2.07. The second kappa shape index (κ2) is 2.21. The van der Waals surface area contributed by atoms with Crippen LogP contribution in [0.15, 0.2) is 0 Å². The Balaban J connectivity index is 2.85. The summed E-state index contributed by atoms with van der Waals surface area (Å²) in [6, 6.07) is 0. The quantitative estimate of drug-likeness (QED) is 0.420. The molecule has 0 fully saturated rings. The average Bonchev–Trinajstić information content (AvgIpc) is 2.05. The van der Waals surface area contributed by atoms with Crippen LogP contribution in [0.25, 0.3) is 0 Å². The zero-order valence-corrected chi connectivity index (χ0v) is 5.93. The Hall–Kier alpha value is -1.06. The van der Waals surface area contributed by atoms with Crippen molar-refractivity contribution in [1.29, 1.82) is 0 Å². The predicted octanol–water partition coefficient (Wildman–Crippen LogP) is 2.34. The van der Waals surface area contributed by atoms with Crippen LogP contribution in [-0.4, -0.2) is 0 Å². The van der Waals surface area contributed by atoms with Crippen molar-refractivity contribution in [3.05, 3.63) is 34.4 Å². The number of fused-ring (bicyclic) bond motifs is 3. The van der Waals surface area contributed by atoms with Gasteiger partial charge in [-0.1, -0.05) is 0 Å². The van der Waals surface area contributed by atoms with Crippen LogP contribution in [0.1, 0.15) is 11.1 Å². The van der Waals surface area contributed by atoms with Crippen LogP contribution in [0.4, 0.5) is 17.6 Å². The molecular weight excluding hydrogens is 172 g/mol. The van der Waals surface area contributed by atoms with Crippen molar-refractivity contribution in [2.45, 2.75) is 12.8 Å². The van der Waals surface area contributed by atoms with Crippen LogP contribution in [-0.2, 0) is 12.8 Å². The summed E-state index contributed by atoms with van der Waals surface area (Å²) in [5.41, 5.74) is -0.944. The van der Waals surface area contributed by atoms with E-state index in [2.05, 4.69) is 0 Å². The molecule has 0 nitrogen and oxygen atoms in total. The molecule has 1 aromatic rings. The minimum atomic E-state index is -1.24. The Labute approximate surface area is 65.8 Å². The molecule has 2 aliphatic rings. The molecule has 3 rings (SSSR count). The molecule has 4 heteroatoms. The minimum Gasteiger partial charge on any atom is -0.203 e. The van der Waals surface area contributed by atoms with Crippen molar-refractivity contribution in [3.63, 3.8) is 0 Å². The lowest BCUT2D eigenvalue weighted by Crippen LogP contribution is -2.16. The predicted molar refractivity (Wildman–Crippen MR) is 33.7 cm³/mol. The second-order valence-corrected chi connectivity index (χ2v) is 2.71. The first-order valence-corrected chi connectivity index (χ1v) is 3.46. The van der Waals surface area contributed by atoms with Gasteiger partial charge in [0.05, 0.1) is 0 Å². The summed E-state index contributed by atoms with van der Waals surface area (Å²) in [5.74, 6) is -4.96. The molecule has 1 aromatic carbocycles. The first-order valence-electron chi connectivity index (χ1n) is 3.46. The van der Waals surface area contributed by atoms with E-state index in [-0.39, 0.29) is 12.8 Å². The molecule has 2 aliphatic carbocycles. The van der Waals surface area contributed by atoms with E-state index in [1.54, 1.807) is 0 Å². The molecule has 0 heterocycles. The highest BCUT2D eigenvalue weighted by Crippen LogP contribution is 2.30. The van der Waals surface area contributed by atoms with E-state index in [0.717, 1.165) is 0 Å². The largest absolute Gasteiger partial charge is 0.203 e. The average molecular weight is 176 g/mol. The summed E-state index contributed by atoms with van der Waals surface area (Å²) >= 11 is 0. The summed E-state index contributed by atoms with van der Waals surface area (Å²) in [5, 5.41) is 0. The van der Waals surface area contributed by atoms with Crippen molar-refractivity contribution >= 4 is 0 Å². The van der Waals surface area contributed by atoms with Crippen molar-refractivity contribution in [1.82, 2.24) is 0 Å². The summed E-state index contributed by atoms with van der Waals surface area (Å²) in [4.78, 5) is 0. The van der Waals surface area contributed by atoms with Gasteiger partial charge in [0, 0.05) is 11.1 Å². The molecule has 0 aliphatic heterocycles. The fraction of sp³-hybridized carbons (Fsp3) is 0.250. The maximum atomic E-state index is 12.7. The van der Waals surface area contributed by atoms with Crippen LogP contribution in [0.5, 0.6) is 0 Å². The number of halogens is 4. The monoisotopic (exact) mass is 176 g/mol. The molecule has 0 saturated carbocycles. The summed E-state index contributed by atoms with van der Waals surface area (Å²) in [6.07, 6.45) is 0.0989. The van der Waals surface area contributed by atoms with Crippen LogP contribution in [0.3, 0.4) is 0 Å². The molecule has 12 heavy (non-hydrogen) atoms. The Morgan fingerprint density at radius 3 is 1.08 bits per heavy atom. The Morgan fingerprint density at radius 2 is 0.833 bits per heavy atom. The molecule has 2 bridgehead atoms. The zero-order valence-electron chi connectivity index (χ0n) is 5.93. The van der Waals surface area contributed by atoms with Gasteiger partial charge >= 0.3 is 0 Å². The molecule has 0 saturated heterocycles. The standard InChI is InChI=1S/C8H4F4/c9-5-3-1-2-4(7(5)11)8(12)6(3)10/h1-2H2. The Kier molecular flexibility index (Phi) is 1.40. The molecule has 0 amide bonds.